The van der Waals surface area contributed by atoms with Crippen LogP contribution in [0.2, 0.25) is 0 Å². The Morgan fingerprint density at radius 3 is 2.29 bits per heavy atom. The number of carbonyl (C=O) groups is 3. The van der Waals surface area contributed by atoms with Gasteiger partial charge < -0.3 is 10.1 Å². The van der Waals surface area contributed by atoms with Crippen LogP contribution in [0.3, 0.4) is 0 Å². The van der Waals surface area contributed by atoms with Gasteiger partial charge in [0.05, 0.1) is 12.4 Å². The zero-order valence-corrected chi connectivity index (χ0v) is 15.5. The maximum atomic E-state index is 11.9. The van der Waals surface area contributed by atoms with Crippen LogP contribution >= 0.6 is 11.8 Å². The van der Waals surface area contributed by atoms with E-state index in [1.54, 1.807) is 19.1 Å². The molecule has 1 aromatic carbocycles. The lowest BCUT2D eigenvalue weighted by molar-refractivity contribution is -0.145. The van der Waals surface area contributed by atoms with Crippen LogP contribution in [0.5, 0.6) is 0 Å². The molecule has 0 heterocycles. The first-order chi connectivity index (χ1) is 11.2. The van der Waals surface area contributed by atoms with Gasteiger partial charge in [-0.1, -0.05) is 20.8 Å². The van der Waals surface area contributed by atoms with E-state index in [9.17, 15) is 14.4 Å². The van der Waals surface area contributed by atoms with Crippen molar-refractivity contribution in [3.05, 3.63) is 24.3 Å². The van der Waals surface area contributed by atoms with E-state index in [2.05, 4.69) is 5.32 Å². The Morgan fingerprint density at radius 1 is 1.12 bits per heavy atom. The summed E-state index contributed by atoms with van der Waals surface area (Å²) in [6.45, 7) is 8.03. The summed E-state index contributed by atoms with van der Waals surface area (Å²) in [6, 6.07) is 7.29. The molecule has 0 spiro atoms. The molecule has 24 heavy (non-hydrogen) atoms. The van der Waals surface area contributed by atoms with E-state index >= 15 is 0 Å². The molecule has 0 saturated heterocycles. The third-order valence-electron chi connectivity index (χ3n) is 2.88. The minimum Gasteiger partial charge on any atom is -0.466 e. The molecule has 0 aliphatic rings. The maximum absolute atomic E-state index is 11.9. The van der Waals surface area contributed by atoms with E-state index in [-0.39, 0.29) is 35.9 Å². The van der Waals surface area contributed by atoms with Gasteiger partial charge in [-0.15, -0.1) is 11.8 Å². The molecule has 1 amide bonds. The molecular weight excluding hydrogens is 326 g/mol. The van der Waals surface area contributed by atoms with Gasteiger partial charge in [0.2, 0.25) is 5.91 Å². The number of amides is 1. The molecule has 132 valence electrons. The topological polar surface area (TPSA) is 72.5 Å². The highest BCUT2D eigenvalue weighted by Crippen LogP contribution is 2.22. The Balaban J connectivity index is 2.43. The summed E-state index contributed by atoms with van der Waals surface area (Å²) in [7, 11) is 0. The van der Waals surface area contributed by atoms with Crippen LogP contribution in [-0.2, 0) is 19.1 Å². The number of benzene rings is 1. The number of ketones is 1. The second kappa shape index (κ2) is 9.47. The summed E-state index contributed by atoms with van der Waals surface area (Å²) in [4.78, 5) is 35.7. The van der Waals surface area contributed by atoms with E-state index in [0.29, 0.717) is 6.42 Å². The molecule has 0 bridgehead atoms. The predicted octanol–water partition coefficient (Wildman–Crippen LogP) is 3.68. The van der Waals surface area contributed by atoms with Gasteiger partial charge in [-0.3, -0.25) is 14.4 Å². The SMILES string of the molecule is CCOC(=O)CC(=O)CSc1ccc(NC(=O)CC(C)(C)C)cc1. The van der Waals surface area contributed by atoms with Gasteiger partial charge in [0, 0.05) is 17.0 Å². The van der Waals surface area contributed by atoms with Gasteiger partial charge in [0.25, 0.3) is 0 Å². The first-order valence-corrected chi connectivity index (χ1v) is 8.88. The molecular formula is C18H25NO4S. The van der Waals surface area contributed by atoms with Crippen molar-refractivity contribution in [3.8, 4) is 0 Å². The summed E-state index contributed by atoms with van der Waals surface area (Å²) >= 11 is 1.36. The van der Waals surface area contributed by atoms with Crippen LogP contribution in [-0.4, -0.2) is 30.0 Å². The van der Waals surface area contributed by atoms with Crippen molar-refractivity contribution < 1.29 is 19.1 Å². The molecule has 6 heteroatoms. The Kier molecular flexibility index (Phi) is 7.98. The third kappa shape index (κ3) is 8.72. The number of anilines is 1. The van der Waals surface area contributed by atoms with Gasteiger partial charge in [-0.25, -0.2) is 0 Å². The number of ether oxygens (including phenoxy) is 1. The molecule has 0 fully saturated rings. The molecule has 1 N–H and O–H groups in total. The van der Waals surface area contributed by atoms with E-state index in [0.717, 1.165) is 10.6 Å². The largest absolute Gasteiger partial charge is 0.466 e. The van der Waals surface area contributed by atoms with E-state index in [4.69, 9.17) is 4.74 Å². The first-order valence-electron chi connectivity index (χ1n) is 7.89. The number of hydrogen-bond donors (Lipinski definition) is 1. The highest BCUT2D eigenvalue weighted by atomic mass is 32.2. The minimum atomic E-state index is -0.486. The quantitative estimate of drug-likeness (QED) is 0.439. The van der Waals surface area contributed by atoms with Gasteiger partial charge in [-0.05, 0) is 36.6 Å². The molecule has 0 aliphatic carbocycles. The van der Waals surface area contributed by atoms with Gasteiger partial charge >= 0.3 is 5.97 Å². The summed E-state index contributed by atoms with van der Waals surface area (Å²) in [5, 5.41) is 2.85. The van der Waals surface area contributed by atoms with Crippen molar-refractivity contribution in [1.82, 2.24) is 0 Å². The Hall–Kier alpha value is -1.82. The zero-order chi connectivity index (χ0) is 18.2. The fraction of sp³-hybridized carbons (Fsp3) is 0.500. The van der Waals surface area contributed by atoms with E-state index in [1.165, 1.54) is 11.8 Å². The maximum Gasteiger partial charge on any atom is 0.313 e. The highest BCUT2D eigenvalue weighted by molar-refractivity contribution is 8.00. The number of rotatable bonds is 8. The lowest BCUT2D eigenvalue weighted by Crippen LogP contribution is -2.19. The Bertz CT molecular complexity index is 576. The number of esters is 1. The van der Waals surface area contributed by atoms with Crippen molar-refractivity contribution in [2.75, 3.05) is 17.7 Å². The summed E-state index contributed by atoms with van der Waals surface area (Å²) in [5.74, 6) is -0.456. The average Bonchev–Trinajstić information content (AvgIpc) is 2.44. The number of thioether (sulfide) groups is 1. The molecule has 0 unspecified atom stereocenters. The van der Waals surface area contributed by atoms with Crippen LogP contribution < -0.4 is 5.32 Å². The minimum absolute atomic E-state index is 0.0208. The number of Topliss-reactive ketones (excluding diaryl/α,β-unsaturated/α-hetero) is 1. The van der Waals surface area contributed by atoms with Gasteiger partial charge in [-0.2, -0.15) is 0 Å². The van der Waals surface area contributed by atoms with Crippen molar-refractivity contribution in [2.45, 2.75) is 45.4 Å². The second-order valence-electron chi connectivity index (χ2n) is 6.62. The van der Waals surface area contributed by atoms with Crippen LogP contribution in [0.25, 0.3) is 0 Å². The van der Waals surface area contributed by atoms with Crippen molar-refractivity contribution in [1.29, 1.82) is 0 Å². The van der Waals surface area contributed by atoms with Crippen molar-refractivity contribution >= 4 is 35.1 Å². The summed E-state index contributed by atoms with van der Waals surface area (Å²) < 4.78 is 4.74. The van der Waals surface area contributed by atoms with Crippen LogP contribution in [0, 0.1) is 5.41 Å². The van der Waals surface area contributed by atoms with Crippen LogP contribution in [0.1, 0.15) is 40.5 Å². The number of hydrogen-bond acceptors (Lipinski definition) is 5. The number of nitrogens with one attached hydrogen (secondary N) is 1. The normalized spacial score (nSPS) is 11.0. The zero-order valence-electron chi connectivity index (χ0n) is 14.7. The molecule has 1 aromatic rings. The fourth-order valence-corrected chi connectivity index (χ4v) is 2.67. The molecule has 1 rings (SSSR count). The molecule has 0 aromatic heterocycles. The molecule has 0 aliphatic heterocycles. The molecule has 0 saturated carbocycles. The van der Waals surface area contributed by atoms with Crippen LogP contribution in [0.4, 0.5) is 5.69 Å². The molecule has 0 atom stereocenters. The monoisotopic (exact) mass is 351 g/mol. The van der Waals surface area contributed by atoms with Crippen LogP contribution in [0.15, 0.2) is 29.2 Å². The second-order valence-corrected chi connectivity index (χ2v) is 7.67. The third-order valence-corrected chi connectivity index (χ3v) is 3.95. The Morgan fingerprint density at radius 2 is 1.75 bits per heavy atom. The van der Waals surface area contributed by atoms with Gasteiger partial charge in [0.15, 0.2) is 5.78 Å². The number of carbonyl (C=O) groups excluding carboxylic acids is 3. The van der Waals surface area contributed by atoms with E-state index < -0.39 is 5.97 Å². The fourth-order valence-electron chi connectivity index (χ4n) is 1.91. The summed E-state index contributed by atoms with van der Waals surface area (Å²) in [6.07, 6.45) is 0.258. The van der Waals surface area contributed by atoms with Crippen molar-refractivity contribution in [2.24, 2.45) is 5.41 Å². The first kappa shape index (κ1) is 20.2. The van der Waals surface area contributed by atoms with E-state index in [1.807, 2.05) is 32.9 Å². The molecule has 5 nitrogen and oxygen atoms in total. The van der Waals surface area contributed by atoms with Crippen molar-refractivity contribution in [3.63, 3.8) is 0 Å². The smallest absolute Gasteiger partial charge is 0.313 e. The molecule has 0 radical (unpaired) electrons. The predicted molar refractivity (Wildman–Crippen MR) is 96.1 cm³/mol. The standard InChI is InChI=1S/C18H25NO4S/c1-5-23-17(22)10-14(20)12-24-15-8-6-13(7-9-15)19-16(21)11-18(2,3)4/h6-9H,5,10-12H2,1-4H3,(H,19,21). The highest BCUT2D eigenvalue weighted by Gasteiger charge is 2.16. The summed E-state index contributed by atoms with van der Waals surface area (Å²) in [5.41, 5.74) is 0.672. The lowest BCUT2D eigenvalue weighted by atomic mass is 9.92. The van der Waals surface area contributed by atoms with Gasteiger partial charge in [0.1, 0.15) is 6.42 Å². The average molecular weight is 351 g/mol. The lowest BCUT2D eigenvalue weighted by Gasteiger charge is -2.17. The Labute approximate surface area is 147 Å².